The highest BCUT2D eigenvalue weighted by Gasteiger charge is 2.24. The van der Waals surface area contributed by atoms with Gasteiger partial charge in [-0.3, -0.25) is 0 Å². The summed E-state index contributed by atoms with van der Waals surface area (Å²) in [4.78, 5) is 5.43. The summed E-state index contributed by atoms with van der Waals surface area (Å²) >= 11 is 0. The van der Waals surface area contributed by atoms with E-state index in [2.05, 4.69) is 153 Å². The lowest BCUT2D eigenvalue weighted by Gasteiger charge is -2.28. The van der Waals surface area contributed by atoms with Gasteiger partial charge in [-0.25, -0.2) is 4.98 Å². The molecule has 1 nitrogen and oxygen atoms in total. The number of fused-ring (bicyclic) bond motifs is 6. The van der Waals surface area contributed by atoms with Crippen LogP contribution in [-0.4, -0.2) is 11.3 Å². The van der Waals surface area contributed by atoms with Crippen molar-refractivity contribution in [1.29, 1.82) is 0 Å². The summed E-state index contributed by atoms with van der Waals surface area (Å²) in [7, 11) is 0. The molecule has 1 atom stereocenters. The average molecular weight is 586 g/mol. The Balaban J connectivity index is 1.55. The van der Waals surface area contributed by atoms with Gasteiger partial charge in [0.25, 0.3) is 0 Å². The van der Waals surface area contributed by atoms with Crippen LogP contribution in [0.5, 0.6) is 0 Å². The zero-order valence-electron chi connectivity index (χ0n) is 25.4. The van der Waals surface area contributed by atoms with Crippen LogP contribution in [0.1, 0.15) is 31.4 Å². The highest BCUT2D eigenvalue weighted by Crippen LogP contribution is 2.52. The van der Waals surface area contributed by atoms with Gasteiger partial charge in [-0.2, -0.15) is 0 Å². The molecule has 1 aromatic heterocycles. The maximum atomic E-state index is 5.43. The first kappa shape index (κ1) is 28.1. The van der Waals surface area contributed by atoms with Crippen molar-refractivity contribution in [1.82, 2.24) is 4.98 Å². The third kappa shape index (κ3) is 4.69. The van der Waals surface area contributed by atoms with Crippen LogP contribution >= 0.6 is 6.89 Å². The fourth-order valence-electron chi connectivity index (χ4n) is 6.70. The number of allylic oxidation sites excluding steroid dienone is 7. The van der Waals surface area contributed by atoms with E-state index in [0.29, 0.717) is 0 Å². The molecule has 0 bridgehead atoms. The summed E-state index contributed by atoms with van der Waals surface area (Å²) in [5.74, 6) is 0. The molecule has 0 saturated carbocycles. The van der Waals surface area contributed by atoms with Gasteiger partial charge < -0.3 is 0 Å². The second kappa shape index (κ2) is 11.8. The fourth-order valence-corrected chi connectivity index (χ4v) is 9.76. The Hall–Kier alpha value is -4.71. The van der Waals surface area contributed by atoms with Crippen molar-refractivity contribution in [2.45, 2.75) is 26.7 Å². The molecule has 0 aliphatic heterocycles. The van der Waals surface area contributed by atoms with Crippen molar-refractivity contribution >= 4 is 62.4 Å². The molecule has 1 unspecified atom stereocenters. The Bertz CT molecular complexity index is 2210. The van der Waals surface area contributed by atoms with Gasteiger partial charge in [0.1, 0.15) is 0 Å². The Morgan fingerprint density at radius 3 is 2.36 bits per heavy atom. The molecule has 1 aliphatic carbocycles. The summed E-state index contributed by atoms with van der Waals surface area (Å²) in [6, 6.07) is 37.7. The van der Waals surface area contributed by atoms with Crippen molar-refractivity contribution in [3.05, 3.63) is 156 Å². The first-order chi connectivity index (χ1) is 21.6. The molecule has 0 spiro atoms. The van der Waals surface area contributed by atoms with E-state index in [1.165, 1.54) is 59.7 Å². The lowest BCUT2D eigenvalue weighted by Crippen LogP contribution is -2.17. The van der Waals surface area contributed by atoms with Crippen LogP contribution in [-0.2, 0) is 6.42 Å². The minimum Gasteiger partial charge on any atom is -0.246 e. The normalized spacial score (nSPS) is 15.0. The van der Waals surface area contributed by atoms with E-state index in [-0.39, 0.29) is 0 Å². The first-order valence-corrected chi connectivity index (χ1v) is 17.4. The smallest absolute Gasteiger partial charge is 0.0794 e. The molecular formula is C42H36NP. The highest BCUT2D eigenvalue weighted by molar-refractivity contribution is 7.90. The Morgan fingerprint density at radius 1 is 0.750 bits per heavy atom. The number of pyridine rings is 1. The first-order valence-electron chi connectivity index (χ1n) is 15.4. The van der Waals surface area contributed by atoms with Gasteiger partial charge in [-0.15, -0.1) is 0 Å². The van der Waals surface area contributed by atoms with Crippen LogP contribution in [0.3, 0.4) is 0 Å². The molecule has 1 aliphatic rings. The van der Waals surface area contributed by atoms with Gasteiger partial charge in [0.2, 0.25) is 0 Å². The third-order valence-corrected chi connectivity index (χ3v) is 12.5. The molecule has 2 heteroatoms. The van der Waals surface area contributed by atoms with Crippen molar-refractivity contribution in [3.63, 3.8) is 0 Å². The maximum Gasteiger partial charge on any atom is 0.0794 e. The number of rotatable bonds is 6. The molecule has 0 N–H and O–H groups in total. The Morgan fingerprint density at radius 2 is 1.52 bits per heavy atom. The van der Waals surface area contributed by atoms with Crippen molar-refractivity contribution in [3.8, 4) is 11.1 Å². The molecule has 0 saturated heterocycles. The zero-order valence-corrected chi connectivity index (χ0v) is 26.3. The number of nitrogens with zero attached hydrogens (tertiary/aromatic N) is 1. The zero-order chi connectivity index (χ0) is 30.1. The van der Waals surface area contributed by atoms with Crippen LogP contribution in [0.2, 0.25) is 0 Å². The SMILES string of the molecule is C=P(C(/C=C\C=C/C)=C/C)(c1ccccc1)c1cccc(-c2c3ccc4c(c3nc3c2ccc2ccccc23)C=CCC4)c1. The maximum absolute atomic E-state index is 5.43. The van der Waals surface area contributed by atoms with E-state index in [9.17, 15) is 0 Å². The second-order valence-electron chi connectivity index (χ2n) is 11.4. The minimum absolute atomic E-state index is 1.06. The fraction of sp³-hybridized carbons (Fsp3) is 0.0952. The molecule has 5 aromatic carbocycles. The van der Waals surface area contributed by atoms with Crippen LogP contribution < -0.4 is 10.6 Å². The van der Waals surface area contributed by atoms with Gasteiger partial charge in [0.05, 0.1) is 11.0 Å². The van der Waals surface area contributed by atoms with Crippen molar-refractivity contribution in [2.24, 2.45) is 0 Å². The van der Waals surface area contributed by atoms with Crippen LogP contribution in [0.25, 0.3) is 49.8 Å². The number of hydrogen-bond acceptors (Lipinski definition) is 1. The summed E-state index contributed by atoms with van der Waals surface area (Å²) < 4.78 is 0. The largest absolute Gasteiger partial charge is 0.246 e. The van der Waals surface area contributed by atoms with Crippen LogP contribution in [0, 0.1) is 0 Å². The predicted octanol–water partition coefficient (Wildman–Crippen LogP) is 10.6. The molecule has 7 rings (SSSR count). The van der Waals surface area contributed by atoms with E-state index in [1.54, 1.807) is 0 Å². The van der Waals surface area contributed by atoms with E-state index in [1.807, 2.05) is 6.92 Å². The van der Waals surface area contributed by atoms with E-state index >= 15 is 0 Å². The lowest BCUT2D eigenvalue weighted by molar-refractivity contribution is 0.988. The number of benzene rings is 5. The van der Waals surface area contributed by atoms with E-state index in [0.717, 1.165) is 23.9 Å². The molecule has 6 aromatic rings. The van der Waals surface area contributed by atoms with Gasteiger partial charge in [-0.05, 0) is 72.1 Å². The molecule has 44 heavy (non-hydrogen) atoms. The van der Waals surface area contributed by atoms with Gasteiger partial charge in [0.15, 0.2) is 0 Å². The van der Waals surface area contributed by atoms with Gasteiger partial charge >= 0.3 is 0 Å². The standard InChI is InChI=1S/C42H36NP/c1-4-6-8-19-33(5-2)44(3,34-20-9-7-10-21-34)35-22-15-18-32(29-35)40-38-27-25-30-16-11-13-23-36(30)41(38)43-42-37-24-14-12-17-31(37)26-28-39(40)42/h4-11,13-16,18-29H,3,12,17H2,1-2H3/b6-4-,19-8-,33-5+. The highest BCUT2D eigenvalue weighted by atomic mass is 31.2. The van der Waals surface area contributed by atoms with Crippen molar-refractivity contribution in [2.75, 3.05) is 0 Å². The summed E-state index contributed by atoms with van der Waals surface area (Å²) in [6.07, 6.45) is 22.5. The van der Waals surface area contributed by atoms with Gasteiger partial charge in [0, 0.05) is 27.3 Å². The monoisotopic (exact) mass is 585 g/mol. The minimum atomic E-state index is -2.19. The van der Waals surface area contributed by atoms with Crippen LogP contribution in [0.15, 0.2) is 145 Å². The number of aromatic nitrogens is 1. The van der Waals surface area contributed by atoms with E-state index in [4.69, 9.17) is 11.3 Å². The molecular weight excluding hydrogens is 549 g/mol. The Labute approximate surface area is 260 Å². The van der Waals surface area contributed by atoms with E-state index < -0.39 is 6.89 Å². The summed E-state index contributed by atoms with van der Waals surface area (Å²) in [5, 5.41) is 8.57. The molecule has 0 fully saturated rings. The second-order valence-corrected chi connectivity index (χ2v) is 14.6. The van der Waals surface area contributed by atoms with Gasteiger partial charge in [-0.1, -0.05) is 146 Å². The summed E-state index contributed by atoms with van der Waals surface area (Å²) in [6.45, 7) is 1.99. The van der Waals surface area contributed by atoms with Crippen LogP contribution in [0.4, 0.5) is 0 Å². The molecule has 1 heterocycles. The quantitative estimate of drug-likeness (QED) is 0.0820. The lowest BCUT2D eigenvalue weighted by atomic mass is 9.89. The third-order valence-electron chi connectivity index (χ3n) is 8.91. The number of hydrogen-bond donors (Lipinski definition) is 0. The predicted molar refractivity (Wildman–Crippen MR) is 197 cm³/mol. The average Bonchev–Trinajstić information content (AvgIpc) is 3.09. The topological polar surface area (TPSA) is 12.9 Å². The van der Waals surface area contributed by atoms with Crippen molar-refractivity contribution < 1.29 is 0 Å². The molecule has 0 amide bonds. The number of aryl methyl sites for hydroxylation is 1. The Kier molecular flexibility index (Phi) is 7.51. The summed E-state index contributed by atoms with van der Waals surface area (Å²) in [5.41, 5.74) is 7.23. The molecule has 214 valence electrons. The molecule has 0 radical (unpaired) electrons.